The topological polar surface area (TPSA) is 50.4 Å². The van der Waals surface area contributed by atoms with Gasteiger partial charge in [0.2, 0.25) is 5.91 Å². The molecule has 0 aromatic rings. The van der Waals surface area contributed by atoms with Crippen molar-refractivity contribution < 1.29 is 22.7 Å². The summed E-state index contributed by atoms with van der Waals surface area (Å²) in [5, 5.41) is 4.81. The van der Waals surface area contributed by atoms with Gasteiger partial charge in [-0.2, -0.15) is 13.2 Å². The number of hydrogen-bond acceptors (Lipinski definition) is 3. The van der Waals surface area contributed by atoms with Gasteiger partial charge in [-0.25, -0.2) is 0 Å². The van der Waals surface area contributed by atoms with Crippen molar-refractivity contribution in [2.75, 3.05) is 26.3 Å². The molecule has 1 amide bonds. The third-order valence-electron chi connectivity index (χ3n) is 2.91. The lowest BCUT2D eigenvalue weighted by molar-refractivity contribution is -0.139. The van der Waals surface area contributed by atoms with Crippen LogP contribution in [-0.2, 0) is 9.53 Å². The third kappa shape index (κ3) is 6.20. The molecule has 1 unspecified atom stereocenters. The minimum atomic E-state index is -4.36. The lowest BCUT2D eigenvalue weighted by atomic mass is 10.0. The predicted molar refractivity (Wildman–Crippen MR) is 60.1 cm³/mol. The van der Waals surface area contributed by atoms with E-state index in [0.29, 0.717) is 25.7 Å². The zero-order chi connectivity index (χ0) is 13.6. The van der Waals surface area contributed by atoms with E-state index in [0.717, 1.165) is 12.8 Å². The second-order valence-corrected chi connectivity index (χ2v) is 4.52. The Hall–Kier alpha value is -0.820. The van der Waals surface area contributed by atoms with E-state index in [4.69, 9.17) is 4.74 Å². The molecule has 1 saturated heterocycles. The monoisotopic (exact) mass is 268 g/mol. The molecule has 2 N–H and O–H groups in total. The first kappa shape index (κ1) is 15.2. The zero-order valence-electron chi connectivity index (χ0n) is 10.3. The molecule has 1 aliphatic heterocycles. The third-order valence-corrected chi connectivity index (χ3v) is 2.91. The lowest BCUT2D eigenvalue weighted by Gasteiger charge is -2.24. The van der Waals surface area contributed by atoms with Crippen molar-refractivity contribution in [3.05, 3.63) is 0 Å². The number of nitrogens with one attached hydrogen (secondary N) is 2. The average molecular weight is 268 g/mol. The van der Waals surface area contributed by atoms with Crippen molar-refractivity contribution in [1.29, 1.82) is 0 Å². The fourth-order valence-electron chi connectivity index (χ4n) is 1.73. The summed E-state index contributed by atoms with van der Waals surface area (Å²) in [4.78, 5) is 11.4. The van der Waals surface area contributed by atoms with Crippen molar-refractivity contribution >= 4 is 5.91 Å². The highest BCUT2D eigenvalue weighted by atomic mass is 19.4. The van der Waals surface area contributed by atoms with E-state index in [-0.39, 0.29) is 0 Å². The summed E-state index contributed by atoms with van der Waals surface area (Å²) < 4.78 is 40.9. The number of rotatable bonds is 5. The summed E-state index contributed by atoms with van der Waals surface area (Å²) in [5.74, 6) is -0.198. The van der Waals surface area contributed by atoms with Crippen LogP contribution in [0.25, 0.3) is 0 Å². The van der Waals surface area contributed by atoms with Crippen LogP contribution < -0.4 is 10.6 Å². The number of ether oxygens (including phenoxy) is 1. The highest BCUT2D eigenvalue weighted by molar-refractivity contribution is 5.81. The quantitative estimate of drug-likeness (QED) is 0.784. The Bertz CT molecular complexity index is 266. The molecule has 0 aromatic heterocycles. The molecule has 4 nitrogen and oxygen atoms in total. The molecule has 1 atom stereocenters. The van der Waals surface area contributed by atoms with Gasteiger partial charge in [0, 0.05) is 13.2 Å². The van der Waals surface area contributed by atoms with E-state index in [9.17, 15) is 18.0 Å². The first-order chi connectivity index (χ1) is 8.38. The Morgan fingerprint density at radius 3 is 2.56 bits per heavy atom. The summed E-state index contributed by atoms with van der Waals surface area (Å²) in [6.07, 6.45) is -2.52. The maximum atomic E-state index is 11.9. The van der Waals surface area contributed by atoms with Gasteiger partial charge in [-0.15, -0.1) is 0 Å². The Balaban J connectivity index is 2.18. The van der Waals surface area contributed by atoms with Gasteiger partial charge < -0.3 is 15.4 Å². The Morgan fingerprint density at radius 2 is 2.00 bits per heavy atom. The van der Waals surface area contributed by atoms with E-state index in [1.54, 1.807) is 6.92 Å². The van der Waals surface area contributed by atoms with Gasteiger partial charge in [0.1, 0.15) is 6.54 Å². The van der Waals surface area contributed by atoms with Crippen molar-refractivity contribution in [1.82, 2.24) is 10.6 Å². The predicted octanol–water partition coefficient (Wildman–Crippen LogP) is 1.07. The van der Waals surface area contributed by atoms with Crippen LogP contribution in [0.2, 0.25) is 0 Å². The fourth-order valence-corrected chi connectivity index (χ4v) is 1.73. The van der Waals surface area contributed by atoms with Gasteiger partial charge in [0.25, 0.3) is 0 Å². The maximum absolute atomic E-state index is 11.9. The van der Waals surface area contributed by atoms with Gasteiger partial charge in [0.15, 0.2) is 0 Å². The van der Waals surface area contributed by atoms with Crippen LogP contribution in [0.15, 0.2) is 0 Å². The number of halogens is 3. The second-order valence-electron chi connectivity index (χ2n) is 4.52. The molecule has 0 bridgehead atoms. The van der Waals surface area contributed by atoms with Crippen molar-refractivity contribution in [2.45, 2.75) is 32.0 Å². The van der Waals surface area contributed by atoms with E-state index in [1.165, 1.54) is 0 Å². The summed E-state index contributed by atoms with van der Waals surface area (Å²) in [6.45, 7) is 2.33. The Kier molecular flexibility index (Phi) is 5.87. The van der Waals surface area contributed by atoms with Crippen LogP contribution in [-0.4, -0.2) is 44.4 Å². The maximum Gasteiger partial charge on any atom is 0.405 e. The molecule has 1 aliphatic rings. The first-order valence-corrected chi connectivity index (χ1v) is 6.04. The summed E-state index contributed by atoms with van der Waals surface area (Å²) in [6, 6.07) is -0.616. The molecular weight excluding hydrogens is 249 g/mol. The fraction of sp³-hybridized carbons (Fsp3) is 0.909. The highest BCUT2D eigenvalue weighted by Crippen LogP contribution is 2.14. The number of alkyl halides is 3. The molecule has 0 radical (unpaired) electrons. The summed E-state index contributed by atoms with van der Waals surface area (Å²) >= 11 is 0. The number of carbonyl (C=O) groups excluding carboxylic acids is 1. The standard InChI is InChI=1S/C11H19F3N2O2/c1-8(10(17)16-7-11(12,13)14)15-6-9-2-4-18-5-3-9/h8-9,15H,2-7H2,1H3,(H,16,17). The Morgan fingerprint density at radius 1 is 1.39 bits per heavy atom. The van der Waals surface area contributed by atoms with Gasteiger partial charge in [-0.3, -0.25) is 4.79 Å². The SMILES string of the molecule is CC(NCC1CCOCC1)C(=O)NCC(F)(F)F. The first-order valence-electron chi connectivity index (χ1n) is 6.04. The molecule has 0 aliphatic carbocycles. The van der Waals surface area contributed by atoms with Gasteiger partial charge in [-0.1, -0.05) is 0 Å². The van der Waals surface area contributed by atoms with Crippen LogP contribution >= 0.6 is 0 Å². The molecule has 18 heavy (non-hydrogen) atoms. The molecule has 0 saturated carbocycles. The molecule has 1 rings (SSSR count). The van der Waals surface area contributed by atoms with Crippen LogP contribution in [0.1, 0.15) is 19.8 Å². The van der Waals surface area contributed by atoms with Gasteiger partial charge in [0.05, 0.1) is 6.04 Å². The number of amides is 1. The van der Waals surface area contributed by atoms with Crippen molar-refractivity contribution in [3.8, 4) is 0 Å². The van der Waals surface area contributed by atoms with Crippen LogP contribution in [0, 0.1) is 5.92 Å². The zero-order valence-corrected chi connectivity index (χ0v) is 10.3. The van der Waals surface area contributed by atoms with Gasteiger partial charge >= 0.3 is 6.18 Å². The Labute approximate surface area is 104 Å². The van der Waals surface area contributed by atoms with Crippen molar-refractivity contribution in [2.24, 2.45) is 5.92 Å². The minimum Gasteiger partial charge on any atom is -0.381 e. The lowest BCUT2D eigenvalue weighted by Crippen LogP contribution is -2.46. The second kappa shape index (κ2) is 6.94. The largest absolute Gasteiger partial charge is 0.405 e. The molecule has 1 fully saturated rings. The molecule has 106 valence electrons. The van der Waals surface area contributed by atoms with Crippen LogP contribution in [0.3, 0.4) is 0 Å². The van der Waals surface area contributed by atoms with Crippen LogP contribution in [0.5, 0.6) is 0 Å². The van der Waals surface area contributed by atoms with E-state index in [1.807, 2.05) is 5.32 Å². The average Bonchev–Trinajstić information content (AvgIpc) is 2.33. The number of hydrogen-bond donors (Lipinski definition) is 2. The van der Waals surface area contributed by atoms with E-state index in [2.05, 4.69) is 5.32 Å². The highest BCUT2D eigenvalue weighted by Gasteiger charge is 2.28. The van der Waals surface area contributed by atoms with Gasteiger partial charge in [-0.05, 0) is 32.2 Å². The molecule has 0 aromatic carbocycles. The molecule has 7 heteroatoms. The molecule has 0 spiro atoms. The normalized spacial score (nSPS) is 19.6. The minimum absolute atomic E-state index is 0.427. The van der Waals surface area contributed by atoms with Crippen molar-refractivity contribution in [3.63, 3.8) is 0 Å². The number of carbonyl (C=O) groups is 1. The summed E-state index contributed by atoms with van der Waals surface area (Å²) in [5.41, 5.74) is 0. The smallest absolute Gasteiger partial charge is 0.381 e. The van der Waals surface area contributed by atoms with Crippen LogP contribution in [0.4, 0.5) is 13.2 Å². The molecule has 1 heterocycles. The van der Waals surface area contributed by atoms with E-state index >= 15 is 0 Å². The molecular formula is C11H19F3N2O2. The van der Waals surface area contributed by atoms with E-state index < -0.39 is 24.7 Å². The summed E-state index contributed by atoms with van der Waals surface area (Å²) in [7, 11) is 0.